The second-order valence-corrected chi connectivity index (χ2v) is 9.33. The zero-order valence-corrected chi connectivity index (χ0v) is 19.1. The van der Waals surface area contributed by atoms with E-state index in [1.165, 1.54) is 10.6 Å². The van der Waals surface area contributed by atoms with Crippen molar-refractivity contribution in [3.8, 4) is 5.75 Å². The Bertz CT molecular complexity index is 957. The number of amides is 1. The topological polar surface area (TPSA) is 75.7 Å². The van der Waals surface area contributed by atoms with Crippen molar-refractivity contribution in [2.24, 2.45) is 0 Å². The lowest BCUT2D eigenvalue weighted by Crippen LogP contribution is -2.33. The quantitative estimate of drug-likeness (QED) is 0.551. The van der Waals surface area contributed by atoms with Crippen molar-refractivity contribution in [1.82, 2.24) is 5.32 Å². The van der Waals surface area contributed by atoms with Gasteiger partial charge in [-0.05, 0) is 61.9 Å². The van der Waals surface area contributed by atoms with Crippen LogP contribution in [-0.4, -0.2) is 40.8 Å². The molecule has 0 atom stereocenters. The zero-order chi connectivity index (χ0) is 22.1. The number of anilines is 1. The van der Waals surface area contributed by atoms with Crippen LogP contribution in [0.1, 0.15) is 36.0 Å². The Balaban J connectivity index is 1.81. The van der Waals surface area contributed by atoms with Gasteiger partial charge in [-0.2, -0.15) is 0 Å². The van der Waals surface area contributed by atoms with Crippen molar-refractivity contribution in [3.63, 3.8) is 0 Å². The second-order valence-electron chi connectivity index (χ2n) is 7.42. The molecule has 7 heteroatoms. The van der Waals surface area contributed by atoms with Gasteiger partial charge >= 0.3 is 0 Å². The molecule has 0 radical (unpaired) electrons. The van der Waals surface area contributed by atoms with Gasteiger partial charge in [0.25, 0.3) is 0 Å². The third kappa shape index (κ3) is 6.76. The SMILES string of the molecule is COc1ccccc1CCCNC(=O)CCCN(c1cccc(C)c1C)S(C)(=O)=O. The Morgan fingerprint density at radius 1 is 1.07 bits per heavy atom. The maximum atomic E-state index is 12.3. The van der Waals surface area contributed by atoms with Gasteiger partial charge in [0.05, 0.1) is 19.1 Å². The van der Waals surface area contributed by atoms with Crippen LogP contribution in [0.3, 0.4) is 0 Å². The first-order valence-electron chi connectivity index (χ1n) is 10.2. The highest BCUT2D eigenvalue weighted by Gasteiger charge is 2.19. The lowest BCUT2D eigenvalue weighted by Gasteiger charge is -2.24. The van der Waals surface area contributed by atoms with E-state index in [0.717, 1.165) is 35.3 Å². The van der Waals surface area contributed by atoms with Crippen molar-refractivity contribution in [3.05, 3.63) is 59.2 Å². The van der Waals surface area contributed by atoms with Crippen LogP contribution in [0.2, 0.25) is 0 Å². The number of hydrogen-bond acceptors (Lipinski definition) is 4. The summed E-state index contributed by atoms with van der Waals surface area (Å²) >= 11 is 0. The molecule has 0 aliphatic heterocycles. The Morgan fingerprint density at radius 3 is 2.50 bits per heavy atom. The van der Waals surface area contributed by atoms with E-state index in [0.29, 0.717) is 18.7 Å². The normalized spacial score (nSPS) is 11.2. The minimum atomic E-state index is -3.42. The van der Waals surface area contributed by atoms with E-state index in [9.17, 15) is 13.2 Å². The number of carbonyl (C=O) groups excluding carboxylic acids is 1. The molecule has 30 heavy (non-hydrogen) atoms. The fourth-order valence-corrected chi connectivity index (χ4v) is 4.37. The molecule has 2 aromatic rings. The van der Waals surface area contributed by atoms with Crippen LogP contribution < -0.4 is 14.4 Å². The summed E-state index contributed by atoms with van der Waals surface area (Å²) in [6.07, 6.45) is 3.57. The van der Waals surface area contributed by atoms with Crippen LogP contribution in [-0.2, 0) is 21.2 Å². The van der Waals surface area contributed by atoms with Crippen LogP contribution in [0.5, 0.6) is 5.75 Å². The van der Waals surface area contributed by atoms with Gasteiger partial charge < -0.3 is 10.1 Å². The van der Waals surface area contributed by atoms with Crippen LogP contribution in [0.25, 0.3) is 0 Å². The van der Waals surface area contributed by atoms with Crippen LogP contribution in [0.4, 0.5) is 5.69 Å². The summed E-state index contributed by atoms with van der Waals surface area (Å²) in [5, 5.41) is 2.92. The van der Waals surface area contributed by atoms with Crippen LogP contribution in [0, 0.1) is 13.8 Å². The van der Waals surface area contributed by atoms with Gasteiger partial charge in [-0.1, -0.05) is 30.3 Å². The third-order valence-electron chi connectivity index (χ3n) is 5.15. The maximum Gasteiger partial charge on any atom is 0.232 e. The first-order valence-corrected chi connectivity index (χ1v) is 12.0. The van der Waals surface area contributed by atoms with Gasteiger partial charge in [-0.3, -0.25) is 9.10 Å². The van der Waals surface area contributed by atoms with E-state index in [1.807, 2.05) is 50.2 Å². The van der Waals surface area contributed by atoms with Crippen molar-refractivity contribution < 1.29 is 17.9 Å². The number of nitrogens with one attached hydrogen (secondary N) is 1. The molecule has 164 valence electrons. The highest BCUT2D eigenvalue weighted by atomic mass is 32.2. The average molecular weight is 433 g/mol. The minimum Gasteiger partial charge on any atom is -0.496 e. The Morgan fingerprint density at radius 2 is 1.80 bits per heavy atom. The highest BCUT2D eigenvalue weighted by molar-refractivity contribution is 7.92. The molecule has 0 spiro atoms. The van der Waals surface area contributed by atoms with E-state index >= 15 is 0 Å². The molecule has 6 nitrogen and oxygen atoms in total. The summed E-state index contributed by atoms with van der Waals surface area (Å²) in [6.45, 7) is 4.72. The number of methoxy groups -OCH3 is 1. The Hall–Kier alpha value is -2.54. The minimum absolute atomic E-state index is 0.0653. The van der Waals surface area contributed by atoms with Gasteiger partial charge in [0.2, 0.25) is 15.9 Å². The van der Waals surface area contributed by atoms with Gasteiger partial charge in [-0.15, -0.1) is 0 Å². The molecule has 0 fully saturated rings. The molecule has 0 heterocycles. The predicted octanol–water partition coefficient (Wildman–Crippen LogP) is 3.61. The molecule has 0 saturated heterocycles. The lowest BCUT2D eigenvalue weighted by atomic mass is 10.1. The molecule has 0 aliphatic carbocycles. The van der Waals surface area contributed by atoms with Crippen molar-refractivity contribution >= 4 is 21.6 Å². The molecule has 2 rings (SSSR count). The number of para-hydroxylation sites is 1. The van der Waals surface area contributed by atoms with Gasteiger partial charge in [0.15, 0.2) is 0 Å². The summed E-state index contributed by atoms with van der Waals surface area (Å²) in [5.74, 6) is 0.792. The predicted molar refractivity (Wildman–Crippen MR) is 122 cm³/mol. The number of benzene rings is 2. The first kappa shape index (κ1) is 23.7. The zero-order valence-electron chi connectivity index (χ0n) is 18.3. The molecule has 0 aliphatic rings. The van der Waals surface area contributed by atoms with Crippen molar-refractivity contribution in [2.45, 2.75) is 39.5 Å². The fraction of sp³-hybridized carbons (Fsp3) is 0.435. The molecular formula is C23H32N2O4S. The first-order chi connectivity index (χ1) is 14.2. The molecule has 0 aromatic heterocycles. The molecular weight excluding hydrogens is 400 g/mol. The highest BCUT2D eigenvalue weighted by Crippen LogP contribution is 2.25. The number of nitrogens with zero attached hydrogens (tertiary/aromatic N) is 1. The average Bonchev–Trinajstić information content (AvgIpc) is 2.70. The largest absolute Gasteiger partial charge is 0.496 e. The molecule has 0 unspecified atom stereocenters. The van der Waals surface area contributed by atoms with E-state index in [1.54, 1.807) is 13.2 Å². The van der Waals surface area contributed by atoms with E-state index in [2.05, 4.69) is 5.32 Å². The fourth-order valence-electron chi connectivity index (χ4n) is 3.36. The van der Waals surface area contributed by atoms with E-state index in [4.69, 9.17) is 4.74 Å². The monoisotopic (exact) mass is 432 g/mol. The van der Waals surface area contributed by atoms with E-state index < -0.39 is 10.0 Å². The number of sulfonamides is 1. The lowest BCUT2D eigenvalue weighted by molar-refractivity contribution is -0.121. The number of ether oxygens (including phenoxy) is 1. The summed E-state index contributed by atoms with van der Waals surface area (Å²) in [4.78, 5) is 12.2. The third-order valence-corrected chi connectivity index (χ3v) is 6.33. The number of aryl methyl sites for hydroxylation is 2. The summed E-state index contributed by atoms with van der Waals surface area (Å²) in [5.41, 5.74) is 3.76. The molecule has 2 aromatic carbocycles. The van der Waals surface area contributed by atoms with Gasteiger partial charge in [0.1, 0.15) is 5.75 Å². The maximum absolute atomic E-state index is 12.3. The second kappa shape index (κ2) is 11.0. The summed E-state index contributed by atoms with van der Waals surface area (Å²) in [6, 6.07) is 13.5. The summed E-state index contributed by atoms with van der Waals surface area (Å²) < 4.78 is 31.3. The summed E-state index contributed by atoms with van der Waals surface area (Å²) in [7, 11) is -1.77. The Kier molecular flexibility index (Phi) is 8.72. The van der Waals surface area contributed by atoms with Crippen molar-refractivity contribution in [1.29, 1.82) is 0 Å². The van der Waals surface area contributed by atoms with Crippen LogP contribution in [0.15, 0.2) is 42.5 Å². The smallest absolute Gasteiger partial charge is 0.232 e. The molecule has 1 N–H and O–H groups in total. The van der Waals surface area contributed by atoms with Gasteiger partial charge in [-0.25, -0.2) is 8.42 Å². The van der Waals surface area contributed by atoms with Crippen molar-refractivity contribution in [2.75, 3.05) is 30.8 Å². The van der Waals surface area contributed by atoms with Crippen LogP contribution >= 0.6 is 0 Å². The van der Waals surface area contributed by atoms with Gasteiger partial charge in [0, 0.05) is 19.5 Å². The van der Waals surface area contributed by atoms with E-state index in [-0.39, 0.29) is 18.9 Å². The molecule has 0 bridgehead atoms. The Labute approximate surface area is 180 Å². The number of hydrogen-bond donors (Lipinski definition) is 1. The standard InChI is InChI=1S/C23H32N2O4S/c1-18-10-7-13-21(19(18)2)25(30(4,27)28)17-9-15-23(26)24-16-8-12-20-11-5-6-14-22(20)29-3/h5-7,10-11,13-14H,8-9,12,15-17H2,1-4H3,(H,24,26). The number of carbonyl (C=O) groups is 1. The molecule has 1 amide bonds. The number of rotatable bonds is 11. The molecule has 0 saturated carbocycles.